The van der Waals surface area contributed by atoms with E-state index in [1.54, 1.807) is 11.8 Å². The third-order valence-corrected chi connectivity index (χ3v) is 7.12. The van der Waals surface area contributed by atoms with Crippen LogP contribution in [0.25, 0.3) is 0 Å². The van der Waals surface area contributed by atoms with E-state index < -0.39 is 15.9 Å². The number of nitrogens with one attached hydrogen (secondary N) is 1. The van der Waals surface area contributed by atoms with Crippen LogP contribution in [-0.4, -0.2) is 39.8 Å². The van der Waals surface area contributed by atoms with Crippen molar-refractivity contribution in [2.45, 2.75) is 49.6 Å². The number of amides is 2. The van der Waals surface area contributed by atoms with Crippen molar-refractivity contribution in [2.24, 2.45) is 9.50 Å². The van der Waals surface area contributed by atoms with E-state index in [1.165, 1.54) is 22.9 Å². The Labute approximate surface area is 168 Å². The minimum atomic E-state index is -3.51. The first kappa shape index (κ1) is 18.6. The topological polar surface area (TPSA) is 121 Å². The molecule has 2 amide bonds. The Morgan fingerprint density at radius 2 is 2.17 bits per heavy atom. The number of methoxy groups -OCH3 is 1. The highest BCUT2D eigenvalue weighted by Crippen LogP contribution is 2.39. The predicted molar refractivity (Wildman–Crippen MR) is 106 cm³/mol. The van der Waals surface area contributed by atoms with Gasteiger partial charge in [0.15, 0.2) is 9.92 Å². The smallest absolute Gasteiger partial charge is 0.354 e. The number of hydrogen-bond acceptors (Lipinski definition) is 5. The molecule has 2 aromatic rings. The maximum atomic E-state index is 13.1. The quantitative estimate of drug-likeness (QED) is 0.786. The number of nitrogens with zero attached hydrogens (tertiary/aromatic N) is 3. The molecule has 0 saturated carbocycles. The standard InChI is InChI=1S/C19H23N5O4S/c1-27-10-13-9-24-18(28-13)16(8-21-24)29(20,26)23-19(25)22-17-14-4-2-3-11(14)7-12-5-6-15(12)17/h7-8,13H,2-6,9-10H2,1H3,(H3,20,22,23,25,26)/t13-,29-/m0/s1. The predicted octanol–water partition coefficient (Wildman–Crippen LogP) is 1.81. The molecule has 0 unspecified atom stereocenters. The van der Waals surface area contributed by atoms with Gasteiger partial charge in [-0.25, -0.2) is 18.8 Å². The SMILES string of the molecule is COC[C@@H]1Cn2ncc([S@@](N)(=O)=NC(=O)Nc3c4c(cc5c3CC5)CCC4)c2O1. The fourth-order valence-electron chi connectivity index (χ4n) is 4.36. The largest absolute Gasteiger partial charge is 0.469 e. The van der Waals surface area contributed by atoms with Gasteiger partial charge in [-0.1, -0.05) is 6.07 Å². The fourth-order valence-corrected chi connectivity index (χ4v) is 5.36. The number of urea groups is 1. The van der Waals surface area contributed by atoms with E-state index >= 15 is 0 Å². The van der Waals surface area contributed by atoms with Gasteiger partial charge in [0.1, 0.15) is 11.0 Å². The molecule has 2 aliphatic carbocycles. The van der Waals surface area contributed by atoms with Crippen LogP contribution in [0.3, 0.4) is 0 Å². The van der Waals surface area contributed by atoms with Gasteiger partial charge in [0, 0.05) is 12.8 Å². The lowest BCUT2D eigenvalue weighted by molar-refractivity contribution is 0.0920. The van der Waals surface area contributed by atoms with Crippen molar-refractivity contribution >= 4 is 21.6 Å². The van der Waals surface area contributed by atoms with E-state index in [2.05, 4.69) is 20.8 Å². The van der Waals surface area contributed by atoms with Gasteiger partial charge in [0.05, 0.1) is 19.3 Å². The van der Waals surface area contributed by atoms with Crippen LogP contribution in [0.5, 0.6) is 5.88 Å². The number of aryl methyl sites for hydroxylation is 2. The van der Waals surface area contributed by atoms with Crippen LogP contribution in [0.4, 0.5) is 10.5 Å². The summed E-state index contributed by atoms with van der Waals surface area (Å²) in [7, 11) is -1.93. The summed E-state index contributed by atoms with van der Waals surface area (Å²) in [6.45, 7) is 0.837. The van der Waals surface area contributed by atoms with Gasteiger partial charge >= 0.3 is 6.03 Å². The van der Waals surface area contributed by atoms with Crippen LogP contribution in [0.2, 0.25) is 0 Å². The molecule has 5 rings (SSSR count). The third kappa shape index (κ3) is 3.11. The van der Waals surface area contributed by atoms with Crippen molar-refractivity contribution in [3.8, 4) is 5.88 Å². The summed E-state index contributed by atoms with van der Waals surface area (Å²) < 4.78 is 29.2. The van der Waals surface area contributed by atoms with Crippen LogP contribution in [0, 0.1) is 0 Å². The molecule has 0 spiro atoms. The van der Waals surface area contributed by atoms with E-state index in [9.17, 15) is 9.00 Å². The Hall–Kier alpha value is -2.43. The lowest BCUT2D eigenvalue weighted by Gasteiger charge is -2.25. The molecule has 9 nitrogen and oxygen atoms in total. The number of fused-ring (bicyclic) bond motifs is 3. The third-order valence-electron chi connectivity index (χ3n) is 5.78. The second-order valence-electron chi connectivity index (χ2n) is 7.66. The van der Waals surface area contributed by atoms with E-state index in [1.807, 2.05) is 0 Å². The number of benzene rings is 1. The van der Waals surface area contributed by atoms with Crippen molar-refractivity contribution in [3.05, 3.63) is 34.5 Å². The number of carbonyl (C=O) groups is 1. The maximum absolute atomic E-state index is 13.1. The van der Waals surface area contributed by atoms with Crippen LogP contribution >= 0.6 is 0 Å². The molecule has 3 aliphatic rings. The summed E-state index contributed by atoms with van der Waals surface area (Å²) in [5.74, 6) is 0.279. The zero-order chi connectivity index (χ0) is 20.2. The molecule has 0 radical (unpaired) electrons. The molecule has 29 heavy (non-hydrogen) atoms. The lowest BCUT2D eigenvalue weighted by Crippen LogP contribution is -2.22. The minimum Gasteiger partial charge on any atom is -0.469 e. The van der Waals surface area contributed by atoms with Gasteiger partial charge in [-0.3, -0.25) is 0 Å². The Morgan fingerprint density at radius 1 is 1.38 bits per heavy atom. The van der Waals surface area contributed by atoms with Gasteiger partial charge in [-0.15, -0.1) is 4.36 Å². The highest BCUT2D eigenvalue weighted by molar-refractivity contribution is 7.91. The first-order valence-corrected chi connectivity index (χ1v) is 11.3. The van der Waals surface area contributed by atoms with E-state index in [-0.39, 0.29) is 16.9 Å². The fraction of sp³-hybridized carbons (Fsp3) is 0.474. The first-order chi connectivity index (χ1) is 14.0. The van der Waals surface area contributed by atoms with E-state index in [0.717, 1.165) is 43.4 Å². The Morgan fingerprint density at radius 3 is 2.93 bits per heavy atom. The van der Waals surface area contributed by atoms with Gasteiger partial charge in [-0.2, -0.15) is 5.10 Å². The number of ether oxygens (including phenoxy) is 2. The van der Waals surface area contributed by atoms with Crippen LogP contribution in [0.15, 0.2) is 21.5 Å². The number of hydrogen-bond donors (Lipinski definition) is 2. The number of aromatic nitrogens is 2. The number of rotatable bonds is 4. The highest BCUT2D eigenvalue weighted by atomic mass is 32.2. The van der Waals surface area contributed by atoms with Crippen LogP contribution in [0.1, 0.15) is 28.7 Å². The van der Waals surface area contributed by atoms with Gasteiger partial charge in [0.25, 0.3) is 0 Å². The molecule has 10 heteroatoms. The Kier molecular flexibility index (Phi) is 4.37. The Balaban J connectivity index is 1.42. The van der Waals surface area contributed by atoms with Crippen molar-refractivity contribution in [3.63, 3.8) is 0 Å². The number of nitrogens with two attached hydrogens (primary N) is 1. The van der Waals surface area contributed by atoms with Crippen LogP contribution < -0.4 is 15.2 Å². The van der Waals surface area contributed by atoms with Gasteiger partial charge in [-0.05, 0) is 54.4 Å². The highest BCUT2D eigenvalue weighted by Gasteiger charge is 2.31. The molecule has 0 saturated heterocycles. The molecule has 2 atom stereocenters. The molecule has 2 heterocycles. The average Bonchev–Trinajstić information content (AvgIpc) is 3.32. The molecule has 154 valence electrons. The van der Waals surface area contributed by atoms with Gasteiger partial charge < -0.3 is 14.8 Å². The second kappa shape index (κ2) is 6.82. The van der Waals surface area contributed by atoms with Crippen LogP contribution in [-0.2, 0) is 46.9 Å². The molecule has 3 N–H and O–H groups in total. The first-order valence-electron chi connectivity index (χ1n) is 9.70. The Bertz CT molecular complexity index is 1130. The van der Waals surface area contributed by atoms with Crippen molar-refractivity contribution in [2.75, 3.05) is 19.0 Å². The number of anilines is 1. The van der Waals surface area contributed by atoms with E-state index in [0.29, 0.717) is 13.2 Å². The zero-order valence-electron chi connectivity index (χ0n) is 16.1. The van der Waals surface area contributed by atoms with Gasteiger partial charge in [0.2, 0.25) is 5.88 Å². The summed E-state index contributed by atoms with van der Waals surface area (Å²) in [5.41, 5.74) is 5.74. The summed E-state index contributed by atoms with van der Waals surface area (Å²) in [6, 6.07) is 1.54. The minimum absolute atomic E-state index is 0.123. The molecular weight excluding hydrogens is 394 g/mol. The molecule has 1 aliphatic heterocycles. The molecular formula is C19H23N5O4S. The second-order valence-corrected chi connectivity index (χ2v) is 9.42. The number of carbonyl (C=O) groups excluding carboxylic acids is 1. The van der Waals surface area contributed by atoms with Crippen molar-refractivity contribution < 1.29 is 18.5 Å². The zero-order valence-corrected chi connectivity index (χ0v) is 17.0. The summed E-state index contributed by atoms with van der Waals surface area (Å²) in [6.07, 6.45) is 6.11. The average molecular weight is 417 g/mol. The van der Waals surface area contributed by atoms with E-state index in [4.69, 9.17) is 14.6 Å². The summed E-state index contributed by atoms with van der Waals surface area (Å²) in [5, 5.41) is 13.0. The molecule has 1 aromatic heterocycles. The summed E-state index contributed by atoms with van der Waals surface area (Å²) in [4.78, 5) is 12.8. The normalized spacial score (nSPS) is 20.7. The van der Waals surface area contributed by atoms with Crippen molar-refractivity contribution in [1.29, 1.82) is 0 Å². The molecule has 0 bridgehead atoms. The molecule has 0 fully saturated rings. The van der Waals surface area contributed by atoms with Crippen molar-refractivity contribution in [1.82, 2.24) is 9.78 Å². The monoisotopic (exact) mass is 417 g/mol. The molecule has 1 aromatic carbocycles. The maximum Gasteiger partial charge on any atom is 0.354 e. The summed E-state index contributed by atoms with van der Waals surface area (Å²) >= 11 is 0. The lowest BCUT2D eigenvalue weighted by atomic mass is 9.83.